The van der Waals surface area contributed by atoms with Crippen LogP contribution in [0.4, 0.5) is 5.69 Å². The van der Waals surface area contributed by atoms with Crippen molar-refractivity contribution in [1.82, 2.24) is 15.1 Å². The molecule has 0 unspecified atom stereocenters. The van der Waals surface area contributed by atoms with Gasteiger partial charge in [-0.3, -0.25) is 4.79 Å². The van der Waals surface area contributed by atoms with Crippen molar-refractivity contribution in [1.29, 1.82) is 0 Å². The van der Waals surface area contributed by atoms with Crippen LogP contribution in [0.5, 0.6) is 0 Å². The molecule has 0 radical (unpaired) electrons. The van der Waals surface area contributed by atoms with Gasteiger partial charge in [-0.05, 0) is 58.6 Å². The number of anilines is 1. The number of carbonyl (C=O) groups excluding carboxylic acids is 1. The van der Waals surface area contributed by atoms with Gasteiger partial charge in [-0.2, -0.15) is 0 Å². The highest BCUT2D eigenvalue weighted by atomic mass is 32.2. The fourth-order valence-electron chi connectivity index (χ4n) is 3.66. The van der Waals surface area contributed by atoms with E-state index in [1.165, 1.54) is 29.3 Å². The molecule has 146 valence electrons. The Labute approximate surface area is 165 Å². The van der Waals surface area contributed by atoms with Gasteiger partial charge in [0.1, 0.15) is 0 Å². The van der Waals surface area contributed by atoms with Crippen molar-refractivity contribution in [3.8, 4) is 0 Å². The number of nitrogens with one attached hydrogen (secondary N) is 1. The van der Waals surface area contributed by atoms with Crippen LogP contribution in [0.1, 0.15) is 50.1 Å². The molecule has 0 bridgehead atoms. The summed E-state index contributed by atoms with van der Waals surface area (Å²) in [5.74, 6) is 0.998. The number of aryl methyl sites for hydroxylation is 2. The maximum atomic E-state index is 12.6. The summed E-state index contributed by atoms with van der Waals surface area (Å²) in [6.45, 7) is 8.86. The first kappa shape index (κ1) is 19.7. The molecule has 1 amide bonds. The van der Waals surface area contributed by atoms with Crippen molar-refractivity contribution in [3.63, 3.8) is 0 Å². The molecule has 0 aliphatic carbocycles. The van der Waals surface area contributed by atoms with Gasteiger partial charge in [-0.15, -0.1) is 10.2 Å². The monoisotopic (exact) mass is 388 g/mol. The van der Waals surface area contributed by atoms with Gasteiger partial charge < -0.3 is 14.6 Å². The van der Waals surface area contributed by atoms with Crippen LogP contribution >= 0.6 is 11.8 Å². The topological polar surface area (TPSA) is 71.3 Å². The van der Waals surface area contributed by atoms with Crippen LogP contribution in [-0.2, 0) is 11.3 Å². The van der Waals surface area contributed by atoms with Gasteiger partial charge in [0.05, 0.1) is 12.3 Å². The molecule has 2 atom stereocenters. The third-order valence-electron chi connectivity index (χ3n) is 5.06. The van der Waals surface area contributed by atoms with E-state index in [4.69, 9.17) is 4.42 Å². The van der Waals surface area contributed by atoms with Gasteiger partial charge >= 0.3 is 0 Å². The fraction of sp³-hybridized carbons (Fsp3) is 0.550. The van der Waals surface area contributed by atoms with E-state index in [1.54, 1.807) is 0 Å². The SMILES string of the molecule is Cc1ccc(NCc2nnc(SCC(=O)N3[C@@H](C)CCC[C@@H]3C)o2)c(C)c1. The number of rotatable bonds is 6. The van der Waals surface area contributed by atoms with Crippen LogP contribution in [0.3, 0.4) is 0 Å². The lowest BCUT2D eigenvalue weighted by Gasteiger charge is -2.39. The number of nitrogens with zero attached hydrogens (tertiary/aromatic N) is 3. The maximum absolute atomic E-state index is 12.6. The normalized spacial score (nSPS) is 19.9. The number of likely N-dealkylation sites (tertiary alicyclic amines) is 1. The fourth-order valence-corrected chi connectivity index (χ4v) is 4.31. The summed E-state index contributed by atoms with van der Waals surface area (Å²) in [6.07, 6.45) is 3.35. The van der Waals surface area contributed by atoms with Crippen molar-refractivity contribution in [2.75, 3.05) is 11.1 Å². The Bertz CT molecular complexity index is 782. The summed E-state index contributed by atoms with van der Waals surface area (Å²) in [4.78, 5) is 14.6. The minimum Gasteiger partial charge on any atom is -0.414 e. The molecule has 1 aromatic heterocycles. The Morgan fingerprint density at radius 1 is 1.26 bits per heavy atom. The predicted molar refractivity (Wildman–Crippen MR) is 108 cm³/mol. The minimum atomic E-state index is 0.146. The molecule has 1 saturated heterocycles. The summed E-state index contributed by atoms with van der Waals surface area (Å²) >= 11 is 1.31. The second-order valence-corrected chi connectivity index (χ2v) is 8.28. The highest BCUT2D eigenvalue weighted by Gasteiger charge is 2.29. The number of thioether (sulfide) groups is 1. The number of carbonyl (C=O) groups is 1. The second-order valence-electron chi connectivity index (χ2n) is 7.35. The van der Waals surface area contributed by atoms with Gasteiger partial charge in [-0.1, -0.05) is 29.5 Å². The highest BCUT2D eigenvalue weighted by Crippen LogP contribution is 2.25. The van der Waals surface area contributed by atoms with Crippen LogP contribution in [0.25, 0.3) is 0 Å². The zero-order valence-electron chi connectivity index (χ0n) is 16.5. The lowest BCUT2D eigenvalue weighted by Crippen LogP contribution is -2.48. The Morgan fingerprint density at radius 3 is 2.70 bits per heavy atom. The largest absolute Gasteiger partial charge is 0.414 e. The minimum absolute atomic E-state index is 0.146. The Balaban J connectivity index is 1.51. The molecule has 7 heteroatoms. The molecule has 1 aromatic carbocycles. The van der Waals surface area contributed by atoms with Crippen LogP contribution in [-0.4, -0.2) is 38.8 Å². The number of piperidine rings is 1. The zero-order chi connectivity index (χ0) is 19.4. The summed E-state index contributed by atoms with van der Waals surface area (Å²) < 4.78 is 5.67. The van der Waals surface area contributed by atoms with E-state index in [0.29, 0.717) is 35.5 Å². The number of hydrogen-bond donors (Lipinski definition) is 1. The molecular weight excluding hydrogens is 360 g/mol. The standard InChI is InChI=1S/C20H28N4O2S/c1-13-8-9-17(14(2)10-13)21-11-18-22-23-20(26-18)27-12-19(25)24-15(3)6-5-7-16(24)4/h8-10,15-16,21H,5-7,11-12H2,1-4H3/t15-,16-/m0/s1. The summed E-state index contributed by atoms with van der Waals surface area (Å²) in [5.41, 5.74) is 3.47. The number of hydrogen-bond acceptors (Lipinski definition) is 6. The lowest BCUT2D eigenvalue weighted by atomic mass is 9.98. The number of benzene rings is 1. The van der Waals surface area contributed by atoms with E-state index in [2.05, 4.69) is 61.4 Å². The first-order valence-electron chi connectivity index (χ1n) is 9.51. The summed E-state index contributed by atoms with van der Waals surface area (Å²) in [7, 11) is 0. The van der Waals surface area contributed by atoms with Crippen LogP contribution in [0.15, 0.2) is 27.8 Å². The highest BCUT2D eigenvalue weighted by molar-refractivity contribution is 7.99. The predicted octanol–water partition coefficient (Wildman–Crippen LogP) is 4.18. The van der Waals surface area contributed by atoms with E-state index in [9.17, 15) is 4.79 Å². The third kappa shape index (κ3) is 5.03. The molecule has 1 fully saturated rings. The molecule has 0 spiro atoms. The Morgan fingerprint density at radius 2 is 2.00 bits per heavy atom. The molecule has 2 aromatic rings. The quantitative estimate of drug-likeness (QED) is 0.749. The molecule has 0 saturated carbocycles. The lowest BCUT2D eigenvalue weighted by molar-refractivity contribution is -0.134. The van der Waals surface area contributed by atoms with Gasteiger partial charge in [0.2, 0.25) is 11.8 Å². The van der Waals surface area contributed by atoms with Crippen LogP contribution in [0.2, 0.25) is 0 Å². The number of amides is 1. The van der Waals surface area contributed by atoms with E-state index in [-0.39, 0.29) is 5.91 Å². The van der Waals surface area contributed by atoms with Gasteiger partial charge in [0.25, 0.3) is 5.22 Å². The average Bonchev–Trinajstić information content (AvgIpc) is 3.07. The Hall–Kier alpha value is -2.02. The van der Waals surface area contributed by atoms with E-state index < -0.39 is 0 Å². The van der Waals surface area contributed by atoms with Gasteiger partial charge in [0.15, 0.2) is 0 Å². The first-order valence-corrected chi connectivity index (χ1v) is 10.5. The molecule has 6 nitrogen and oxygen atoms in total. The molecule has 27 heavy (non-hydrogen) atoms. The second kappa shape index (κ2) is 8.78. The molecule has 3 rings (SSSR count). The molecular formula is C20H28N4O2S. The number of aromatic nitrogens is 2. The van der Waals surface area contributed by atoms with Crippen LogP contribution in [0, 0.1) is 13.8 Å². The van der Waals surface area contributed by atoms with Crippen molar-refractivity contribution < 1.29 is 9.21 Å². The van der Waals surface area contributed by atoms with Crippen molar-refractivity contribution in [2.45, 2.75) is 70.8 Å². The molecule has 1 aliphatic rings. The summed E-state index contributed by atoms with van der Waals surface area (Å²) in [6, 6.07) is 6.87. The van der Waals surface area contributed by atoms with E-state index in [0.717, 1.165) is 18.5 Å². The third-order valence-corrected chi connectivity index (χ3v) is 5.86. The molecule has 2 heterocycles. The van der Waals surface area contributed by atoms with Crippen molar-refractivity contribution in [3.05, 3.63) is 35.2 Å². The average molecular weight is 389 g/mol. The smallest absolute Gasteiger partial charge is 0.277 e. The van der Waals surface area contributed by atoms with E-state index in [1.807, 2.05) is 4.90 Å². The first-order chi connectivity index (χ1) is 12.9. The molecule has 1 aliphatic heterocycles. The van der Waals surface area contributed by atoms with Crippen molar-refractivity contribution >= 4 is 23.4 Å². The van der Waals surface area contributed by atoms with Gasteiger partial charge in [-0.25, -0.2) is 0 Å². The maximum Gasteiger partial charge on any atom is 0.277 e. The van der Waals surface area contributed by atoms with Crippen molar-refractivity contribution in [2.24, 2.45) is 0 Å². The molecule has 1 N–H and O–H groups in total. The van der Waals surface area contributed by atoms with E-state index >= 15 is 0 Å². The summed E-state index contributed by atoms with van der Waals surface area (Å²) in [5, 5.41) is 11.9. The Kier molecular flexibility index (Phi) is 6.42. The zero-order valence-corrected chi connectivity index (χ0v) is 17.3. The van der Waals surface area contributed by atoms with Crippen LogP contribution < -0.4 is 5.32 Å². The van der Waals surface area contributed by atoms with Gasteiger partial charge in [0, 0.05) is 17.8 Å².